The lowest BCUT2D eigenvalue weighted by atomic mass is 10.1. The number of rotatable bonds is 4. The highest BCUT2D eigenvalue weighted by atomic mass is 15.2. The molecule has 2 N–H and O–H groups in total. The van der Waals surface area contributed by atoms with Crippen molar-refractivity contribution in [3.63, 3.8) is 0 Å². The third kappa shape index (κ3) is 2.67. The minimum atomic E-state index is 0.694. The van der Waals surface area contributed by atoms with Gasteiger partial charge < -0.3 is 10.6 Å². The SMILES string of the molecule is c1cnnc(NCCC2CCCN2)c1. The topological polar surface area (TPSA) is 49.8 Å². The summed E-state index contributed by atoms with van der Waals surface area (Å²) in [6.07, 6.45) is 5.47. The molecular formula is C10H16N4. The molecule has 1 aromatic heterocycles. The minimum absolute atomic E-state index is 0.694. The van der Waals surface area contributed by atoms with Crippen molar-refractivity contribution < 1.29 is 0 Å². The van der Waals surface area contributed by atoms with Gasteiger partial charge in [-0.05, 0) is 37.9 Å². The van der Waals surface area contributed by atoms with E-state index in [1.165, 1.54) is 19.4 Å². The van der Waals surface area contributed by atoms with Crippen molar-refractivity contribution in [1.82, 2.24) is 15.5 Å². The highest BCUT2D eigenvalue weighted by Gasteiger charge is 2.12. The highest BCUT2D eigenvalue weighted by Crippen LogP contribution is 2.08. The maximum Gasteiger partial charge on any atom is 0.148 e. The second-order valence-electron chi connectivity index (χ2n) is 3.62. The van der Waals surface area contributed by atoms with Crippen LogP contribution < -0.4 is 10.6 Å². The quantitative estimate of drug-likeness (QED) is 0.748. The first kappa shape index (κ1) is 9.40. The molecule has 0 radical (unpaired) electrons. The summed E-state index contributed by atoms with van der Waals surface area (Å²) in [5.41, 5.74) is 0. The maximum atomic E-state index is 3.96. The van der Waals surface area contributed by atoms with Crippen LogP contribution in [0, 0.1) is 0 Å². The van der Waals surface area contributed by atoms with Crippen LogP contribution in [0.4, 0.5) is 5.82 Å². The molecule has 2 heterocycles. The number of nitrogens with one attached hydrogen (secondary N) is 2. The monoisotopic (exact) mass is 192 g/mol. The lowest BCUT2D eigenvalue weighted by molar-refractivity contribution is 0.574. The fraction of sp³-hybridized carbons (Fsp3) is 0.600. The zero-order valence-corrected chi connectivity index (χ0v) is 8.24. The van der Waals surface area contributed by atoms with E-state index in [1.54, 1.807) is 6.20 Å². The number of nitrogens with zero attached hydrogens (tertiary/aromatic N) is 2. The molecule has 76 valence electrons. The summed E-state index contributed by atoms with van der Waals surface area (Å²) in [6, 6.07) is 4.53. The van der Waals surface area contributed by atoms with Gasteiger partial charge in [-0.25, -0.2) is 0 Å². The summed E-state index contributed by atoms with van der Waals surface area (Å²) in [7, 11) is 0. The van der Waals surface area contributed by atoms with Crippen molar-refractivity contribution in [2.24, 2.45) is 0 Å². The van der Waals surface area contributed by atoms with E-state index in [0.29, 0.717) is 6.04 Å². The van der Waals surface area contributed by atoms with E-state index in [9.17, 15) is 0 Å². The Morgan fingerprint density at radius 2 is 2.57 bits per heavy atom. The molecule has 1 fully saturated rings. The fourth-order valence-corrected chi connectivity index (χ4v) is 1.77. The largest absolute Gasteiger partial charge is 0.369 e. The van der Waals surface area contributed by atoms with Crippen molar-refractivity contribution in [2.75, 3.05) is 18.4 Å². The van der Waals surface area contributed by atoms with Gasteiger partial charge in [-0.2, -0.15) is 5.10 Å². The average molecular weight is 192 g/mol. The third-order valence-electron chi connectivity index (χ3n) is 2.53. The number of hydrogen-bond acceptors (Lipinski definition) is 4. The van der Waals surface area contributed by atoms with Crippen LogP contribution in [0.2, 0.25) is 0 Å². The van der Waals surface area contributed by atoms with Crippen LogP contribution in [0.3, 0.4) is 0 Å². The Bertz CT molecular complexity index is 256. The molecule has 1 aliphatic rings. The molecule has 1 aliphatic heterocycles. The van der Waals surface area contributed by atoms with Crippen LogP contribution >= 0.6 is 0 Å². The van der Waals surface area contributed by atoms with Gasteiger partial charge in [0.25, 0.3) is 0 Å². The second kappa shape index (κ2) is 4.91. The van der Waals surface area contributed by atoms with Crippen LogP contribution in [0.15, 0.2) is 18.3 Å². The van der Waals surface area contributed by atoms with Gasteiger partial charge in [-0.3, -0.25) is 0 Å². The first-order valence-corrected chi connectivity index (χ1v) is 5.20. The summed E-state index contributed by atoms with van der Waals surface area (Å²) < 4.78 is 0. The predicted molar refractivity (Wildman–Crippen MR) is 56.2 cm³/mol. The first-order chi connectivity index (χ1) is 6.95. The van der Waals surface area contributed by atoms with Crippen molar-refractivity contribution in [3.05, 3.63) is 18.3 Å². The molecule has 1 aromatic rings. The van der Waals surface area contributed by atoms with E-state index in [1.807, 2.05) is 12.1 Å². The normalized spacial score (nSPS) is 21.0. The summed E-state index contributed by atoms with van der Waals surface area (Å²) in [6.45, 7) is 2.15. The van der Waals surface area contributed by atoms with Crippen molar-refractivity contribution in [2.45, 2.75) is 25.3 Å². The smallest absolute Gasteiger partial charge is 0.148 e. The molecule has 0 aliphatic carbocycles. The highest BCUT2D eigenvalue weighted by molar-refractivity contribution is 5.31. The average Bonchev–Trinajstić information content (AvgIpc) is 2.72. The van der Waals surface area contributed by atoms with Gasteiger partial charge in [0, 0.05) is 18.8 Å². The van der Waals surface area contributed by atoms with Gasteiger partial charge in [0.15, 0.2) is 0 Å². The summed E-state index contributed by atoms with van der Waals surface area (Å²) in [5, 5.41) is 14.5. The van der Waals surface area contributed by atoms with E-state index in [-0.39, 0.29) is 0 Å². The van der Waals surface area contributed by atoms with Crippen LogP contribution in [0.1, 0.15) is 19.3 Å². The van der Waals surface area contributed by atoms with Gasteiger partial charge in [0.1, 0.15) is 5.82 Å². The molecule has 0 amide bonds. The Labute approximate surface area is 84.1 Å². The van der Waals surface area contributed by atoms with Crippen LogP contribution in [0.5, 0.6) is 0 Å². The second-order valence-corrected chi connectivity index (χ2v) is 3.62. The fourth-order valence-electron chi connectivity index (χ4n) is 1.77. The Kier molecular flexibility index (Phi) is 3.29. The van der Waals surface area contributed by atoms with Crippen molar-refractivity contribution >= 4 is 5.82 Å². The van der Waals surface area contributed by atoms with E-state index in [2.05, 4.69) is 20.8 Å². The first-order valence-electron chi connectivity index (χ1n) is 5.20. The van der Waals surface area contributed by atoms with Gasteiger partial charge in [0.2, 0.25) is 0 Å². The minimum Gasteiger partial charge on any atom is -0.369 e. The molecule has 1 atom stereocenters. The number of anilines is 1. The van der Waals surface area contributed by atoms with Gasteiger partial charge in [-0.1, -0.05) is 0 Å². The lowest BCUT2D eigenvalue weighted by Crippen LogP contribution is -2.24. The molecular weight excluding hydrogens is 176 g/mol. The van der Waals surface area contributed by atoms with E-state index >= 15 is 0 Å². The molecule has 0 bridgehead atoms. The molecule has 4 heteroatoms. The van der Waals surface area contributed by atoms with Crippen molar-refractivity contribution in [1.29, 1.82) is 0 Å². The lowest BCUT2D eigenvalue weighted by Gasteiger charge is -2.10. The molecule has 0 saturated carbocycles. The summed E-state index contributed by atoms with van der Waals surface area (Å²) >= 11 is 0. The van der Waals surface area contributed by atoms with Gasteiger partial charge in [-0.15, -0.1) is 5.10 Å². The molecule has 14 heavy (non-hydrogen) atoms. The summed E-state index contributed by atoms with van der Waals surface area (Å²) in [5.74, 6) is 0.866. The van der Waals surface area contributed by atoms with Crippen molar-refractivity contribution in [3.8, 4) is 0 Å². The number of hydrogen-bond donors (Lipinski definition) is 2. The van der Waals surface area contributed by atoms with E-state index in [4.69, 9.17) is 0 Å². The molecule has 1 unspecified atom stereocenters. The molecule has 0 spiro atoms. The molecule has 1 saturated heterocycles. The molecule has 2 rings (SSSR count). The standard InChI is InChI=1S/C10H16N4/c1-3-9(11-6-1)5-8-12-10-4-2-7-13-14-10/h2,4,7,9,11H,1,3,5-6,8H2,(H,12,14). The zero-order valence-electron chi connectivity index (χ0n) is 8.24. The van der Waals surface area contributed by atoms with Crippen LogP contribution in [0.25, 0.3) is 0 Å². The zero-order chi connectivity index (χ0) is 9.64. The predicted octanol–water partition coefficient (Wildman–Crippen LogP) is 1.03. The Morgan fingerprint density at radius 1 is 1.57 bits per heavy atom. The molecule has 0 aromatic carbocycles. The molecule has 4 nitrogen and oxygen atoms in total. The van der Waals surface area contributed by atoms with E-state index in [0.717, 1.165) is 18.8 Å². The maximum absolute atomic E-state index is 3.96. The van der Waals surface area contributed by atoms with Crippen LogP contribution in [-0.4, -0.2) is 29.3 Å². The van der Waals surface area contributed by atoms with Gasteiger partial charge in [0.05, 0.1) is 0 Å². The third-order valence-corrected chi connectivity index (χ3v) is 2.53. The van der Waals surface area contributed by atoms with E-state index < -0.39 is 0 Å². The summed E-state index contributed by atoms with van der Waals surface area (Å²) in [4.78, 5) is 0. The Balaban J connectivity index is 1.67. The Morgan fingerprint density at radius 3 is 3.29 bits per heavy atom. The Hall–Kier alpha value is -1.16. The van der Waals surface area contributed by atoms with Crippen LogP contribution in [-0.2, 0) is 0 Å². The number of aromatic nitrogens is 2. The van der Waals surface area contributed by atoms with Gasteiger partial charge >= 0.3 is 0 Å².